The van der Waals surface area contributed by atoms with Crippen molar-refractivity contribution >= 4 is 27.4 Å². The van der Waals surface area contributed by atoms with E-state index < -0.39 is 16.6 Å². The molecule has 0 saturated heterocycles. The number of nitrogen functional groups attached to an aromatic ring is 1. The first-order valence-corrected chi connectivity index (χ1v) is 7.73. The van der Waals surface area contributed by atoms with Crippen LogP contribution >= 0.6 is 0 Å². The summed E-state index contributed by atoms with van der Waals surface area (Å²) in [6.45, 7) is 0. The summed E-state index contributed by atoms with van der Waals surface area (Å²) in [5.41, 5.74) is 7.62. The van der Waals surface area contributed by atoms with Crippen molar-refractivity contribution in [2.45, 2.75) is 10.6 Å². The zero-order valence-corrected chi connectivity index (χ0v) is 11.9. The minimum absolute atomic E-state index is 0.207. The van der Waals surface area contributed by atoms with Gasteiger partial charge in [0.1, 0.15) is 5.82 Å². The number of hydrogen-bond donors (Lipinski definition) is 1. The molecule has 21 heavy (non-hydrogen) atoms. The molecule has 2 aromatic carbocycles. The molecule has 0 bridgehead atoms. The second-order valence-corrected chi connectivity index (χ2v) is 6.09. The van der Waals surface area contributed by atoms with E-state index in [4.69, 9.17) is 5.73 Å². The van der Waals surface area contributed by atoms with E-state index >= 15 is 0 Å². The summed E-state index contributed by atoms with van der Waals surface area (Å²) >= 11 is 0. The lowest BCUT2D eigenvalue weighted by molar-refractivity contribution is 0.623. The fourth-order valence-corrected chi connectivity index (χ4v) is 3.27. The standard InChI is InChI=1S/C16H13FN2OS/c17-12-6-8-14(18)16(9-12)21(20)10-13-7-5-11-3-1-2-4-15(11)19-13/h1-9H,10,18H2. The fraction of sp³-hybridized carbons (Fsp3) is 0.0625. The van der Waals surface area contributed by atoms with Gasteiger partial charge in [-0.1, -0.05) is 24.3 Å². The lowest BCUT2D eigenvalue weighted by atomic mass is 10.2. The minimum atomic E-state index is -1.43. The van der Waals surface area contributed by atoms with Crippen LogP contribution in [0.25, 0.3) is 10.9 Å². The van der Waals surface area contributed by atoms with E-state index in [1.54, 1.807) is 0 Å². The van der Waals surface area contributed by atoms with Crippen molar-refractivity contribution in [2.24, 2.45) is 0 Å². The number of hydrogen-bond acceptors (Lipinski definition) is 3. The highest BCUT2D eigenvalue weighted by atomic mass is 32.2. The zero-order chi connectivity index (χ0) is 14.8. The number of fused-ring (bicyclic) bond motifs is 1. The summed E-state index contributed by atoms with van der Waals surface area (Å²) in [5, 5.41) is 1.03. The van der Waals surface area contributed by atoms with E-state index in [2.05, 4.69) is 4.98 Å². The molecule has 1 heterocycles. The van der Waals surface area contributed by atoms with Gasteiger partial charge >= 0.3 is 0 Å². The van der Waals surface area contributed by atoms with E-state index in [0.29, 0.717) is 16.3 Å². The molecule has 1 unspecified atom stereocenters. The number of anilines is 1. The van der Waals surface area contributed by atoms with E-state index in [9.17, 15) is 8.60 Å². The molecule has 106 valence electrons. The number of nitrogens with two attached hydrogens (primary N) is 1. The average molecular weight is 300 g/mol. The first kappa shape index (κ1) is 13.7. The van der Waals surface area contributed by atoms with Crippen molar-refractivity contribution < 1.29 is 8.60 Å². The monoisotopic (exact) mass is 300 g/mol. The summed E-state index contributed by atoms with van der Waals surface area (Å²) in [5.74, 6) is -0.239. The number of aromatic nitrogens is 1. The topological polar surface area (TPSA) is 56.0 Å². The second kappa shape index (κ2) is 5.61. The summed E-state index contributed by atoms with van der Waals surface area (Å²) in [6, 6.07) is 15.4. The normalized spacial score (nSPS) is 12.4. The molecule has 0 radical (unpaired) electrons. The predicted octanol–water partition coefficient (Wildman–Crippen LogP) is 3.26. The lowest BCUT2D eigenvalue weighted by Gasteiger charge is -2.06. The molecular weight excluding hydrogens is 287 g/mol. The van der Waals surface area contributed by atoms with Crippen molar-refractivity contribution in [3.05, 3.63) is 66.1 Å². The molecule has 0 saturated carbocycles. The van der Waals surface area contributed by atoms with Crippen LogP contribution in [0.2, 0.25) is 0 Å². The van der Waals surface area contributed by atoms with Crippen molar-refractivity contribution in [1.29, 1.82) is 0 Å². The second-order valence-electron chi connectivity index (χ2n) is 4.67. The number of pyridine rings is 1. The Morgan fingerprint density at radius 3 is 2.76 bits per heavy atom. The smallest absolute Gasteiger partial charge is 0.124 e. The Morgan fingerprint density at radius 2 is 1.90 bits per heavy atom. The third kappa shape index (κ3) is 2.92. The molecule has 0 aliphatic heterocycles. The predicted molar refractivity (Wildman–Crippen MR) is 82.7 cm³/mol. The highest BCUT2D eigenvalue weighted by Gasteiger charge is 2.11. The zero-order valence-electron chi connectivity index (χ0n) is 11.1. The van der Waals surface area contributed by atoms with Crippen LogP contribution in [-0.2, 0) is 16.6 Å². The molecular formula is C16H13FN2OS. The van der Waals surface area contributed by atoms with E-state index in [-0.39, 0.29) is 5.75 Å². The number of nitrogens with zero attached hydrogens (tertiary/aromatic N) is 1. The average Bonchev–Trinajstić information content (AvgIpc) is 2.49. The van der Waals surface area contributed by atoms with Crippen LogP contribution in [0, 0.1) is 5.82 Å². The van der Waals surface area contributed by atoms with Gasteiger partial charge in [0.25, 0.3) is 0 Å². The number of benzene rings is 2. The van der Waals surface area contributed by atoms with E-state index in [1.807, 2.05) is 36.4 Å². The van der Waals surface area contributed by atoms with E-state index in [0.717, 1.165) is 10.9 Å². The van der Waals surface area contributed by atoms with Gasteiger partial charge in [-0.25, -0.2) is 4.39 Å². The Labute approximate surface area is 124 Å². The molecule has 0 amide bonds. The first-order chi connectivity index (χ1) is 10.1. The van der Waals surface area contributed by atoms with Crippen LogP contribution in [0.5, 0.6) is 0 Å². The number of halogens is 1. The van der Waals surface area contributed by atoms with Crippen LogP contribution in [0.4, 0.5) is 10.1 Å². The Balaban J connectivity index is 1.90. The van der Waals surface area contributed by atoms with Gasteiger partial charge in [-0.2, -0.15) is 0 Å². The fourth-order valence-electron chi connectivity index (χ4n) is 2.11. The van der Waals surface area contributed by atoms with Gasteiger partial charge < -0.3 is 5.73 Å². The maximum absolute atomic E-state index is 13.2. The van der Waals surface area contributed by atoms with Gasteiger partial charge in [0.2, 0.25) is 0 Å². The van der Waals surface area contributed by atoms with Crippen molar-refractivity contribution in [2.75, 3.05) is 5.73 Å². The lowest BCUT2D eigenvalue weighted by Crippen LogP contribution is -2.03. The molecule has 1 atom stereocenters. The third-order valence-corrected chi connectivity index (χ3v) is 4.56. The number of para-hydroxylation sites is 1. The van der Waals surface area contributed by atoms with Gasteiger partial charge in [-0.3, -0.25) is 9.19 Å². The van der Waals surface area contributed by atoms with Crippen LogP contribution < -0.4 is 5.73 Å². The van der Waals surface area contributed by atoms with Gasteiger partial charge in [0.15, 0.2) is 0 Å². The molecule has 3 rings (SSSR count). The molecule has 5 heteroatoms. The third-order valence-electron chi connectivity index (χ3n) is 3.16. The number of rotatable bonds is 3. The minimum Gasteiger partial charge on any atom is -0.398 e. The summed E-state index contributed by atoms with van der Waals surface area (Å²) in [4.78, 5) is 4.78. The molecule has 3 aromatic rings. The van der Waals surface area contributed by atoms with Crippen molar-refractivity contribution in [3.8, 4) is 0 Å². The summed E-state index contributed by atoms with van der Waals surface area (Å²) in [7, 11) is -1.43. The van der Waals surface area contributed by atoms with Crippen LogP contribution in [0.15, 0.2) is 59.5 Å². The van der Waals surface area contributed by atoms with Gasteiger partial charge in [-0.05, 0) is 30.3 Å². The van der Waals surface area contributed by atoms with Gasteiger partial charge in [-0.15, -0.1) is 0 Å². The van der Waals surface area contributed by atoms with Gasteiger partial charge in [0.05, 0.1) is 32.7 Å². The Bertz CT molecular complexity index is 835. The van der Waals surface area contributed by atoms with E-state index in [1.165, 1.54) is 18.2 Å². The maximum atomic E-state index is 13.2. The van der Waals surface area contributed by atoms with Crippen molar-refractivity contribution in [1.82, 2.24) is 4.98 Å². The quantitative estimate of drug-likeness (QED) is 0.755. The molecule has 0 aliphatic rings. The molecule has 0 spiro atoms. The maximum Gasteiger partial charge on any atom is 0.124 e. The van der Waals surface area contributed by atoms with Crippen LogP contribution in [-0.4, -0.2) is 9.19 Å². The Kier molecular flexibility index (Phi) is 3.66. The molecule has 2 N–H and O–H groups in total. The van der Waals surface area contributed by atoms with Gasteiger partial charge in [0, 0.05) is 11.1 Å². The van der Waals surface area contributed by atoms with Crippen molar-refractivity contribution in [3.63, 3.8) is 0 Å². The molecule has 0 aliphatic carbocycles. The van der Waals surface area contributed by atoms with Crippen LogP contribution in [0.1, 0.15) is 5.69 Å². The molecule has 3 nitrogen and oxygen atoms in total. The first-order valence-electron chi connectivity index (χ1n) is 6.41. The summed E-state index contributed by atoms with van der Waals surface area (Å²) < 4.78 is 25.6. The highest BCUT2D eigenvalue weighted by Crippen LogP contribution is 2.21. The Hall–Kier alpha value is -2.27. The summed E-state index contributed by atoms with van der Waals surface area (Å²) in [6.07, 6.45) is 0. The highest BCUT2D eigenvalue weighted by molar-refractivity contribution is 7.84. The largest absolute Gasteiger partial charge is 0.398 e. The molecule has 1 aromatic heterocycles. The molecule has 0 fully saturated rings. The SMILES string of the molecule is Nc1ccc(F)cc1S(=O)Cc1ccc2ccccc2n1. The van der Waals surface area contributed by atoms with Crippen LogP contribution in [0.3, 0.4) is 0 Å². The Morgan fingerprint density at radius 1 is 1.10 bits per heavy atom.